The highest BCUT2D eigenvalue weighted by Gasteiger charge is 2.19. The zero-order valence-electron chi connectivity index (χ0n) is 17.9. The number of rotatable bonds is 5. The largest absolute Gasteiger partial charge is 0.322 e. The molecule has 1 heterocycles. The molecule has 6 nitrogen and oxygen atoms in total. The number of anilines is 2. The van der Waals surface area contributed by atoms with E-state index >= 15 is 0 Å². The van der Waals surface area contributed by atoms with Crippen LogP contribution in [0.25, 0.3) is 16.8 Å². The van der Waals surface area contributed by atoms with Crippen molar-refractivity contribution in [2.75, 3.05) is 10.6 Å². The number of amides is 2. The van der Waals surface area contributed by atoms with Crippen molar-refractivity contribution in [3.63, 3.8) is 0 Å². The van der Waals surface area contributed by atoms with Crippen molar-refractivity contribution in [1.82, 2.24) is 9.78 Å². The molecule has 2 amide bonds. The minimum atomic E-state index is -0.445. The molecule has 0 atom stereocenters. The van der Waals surface area contributed by atoms with Crippen molar-refractivity contribution in [1.29, 1.82) is 0 Å². The minimum Gasteiger partial charge on any atom is -0.322 e. The van der Waals surface area contributed by atoms with E-state index in [0.717, 1.165) is 0 Å². The highest BCUT2D eigenvalue weighted by Crippen LogP contribution is 2.33. The maximum atomic E-state index is 13.4. The zero-order chi connectivity index (χ0) is 23.5. The predicted molar refractivity (Wildman–Crippen MR) is 122 cm³/mol. The van der Waals surface area contributed by atoms with Crippen LogP contribution in [0.4, 0.5) is 20.3 Å². The first-order valence-electron chi connectivity index (χ1n) is 10.1. The molecule has 0 spiro atoms. The maximum absolute atomic E-state index is 13.4. The number of nitrogens with zero attached hydrogens (tertiary/aromatic N) is 2. The molecule has 0 aliphatic heterocycles. The number of hydrogen-bond donors (Lipinski definition) is 2. The second-order valence-corrected chi connectivity index (χ2v) is 7.42. The number of nitrogens with one attached hydrogen (secondary N) is 2. The predicted octanol–water partition coefficient (Wildman–Crippen LogP) is 5.34. The Bertz CT molecular complexity index is 1330. The summed E-state index contributed by atoms with van der Waals surface area (Å²) < 4.78 is 28.3. The lowest BCUT2D eigenvalue weighted by Gasteiger charge is -2.11. The number of benzene rings is 3. The van der Waals surface area contributed by atoms with Crippen LogP contribution in [-0.4, -0.2) is 21.6 Å². The standard InChI is InChI=1S/C25H20F2N4O2/c1-15-23(17-6-10-19(26)11-7-17)24(28-16(2)32)31(30-15)22-12-8-18(9-13-22)25(33)29-21-5-3-4-20(27)14-21/h3-14H,1-2H3,(H,28,32)(H,29,33). The molecule has 2 N–H and O–H groups in total. The van der Waals surface area contributed by atoms with Crippen LogP contribution < -0.4 is 10.6 Å². The van der Waals surface area contributed by atoms with Crippen LogP contribution in [0.15, 0.2) is 72.8 Å². The van der Waals surface area contributed by atoms with Gasteiger partial charge in [-0.3, -0.25) is 9.59 Å². The van der Waals surface area contributed by atoms with E-state index in [2.05, 4.69) is 15.7 Å². The molecule has 0 unspecified atom stereocenters. The van der Waals surface area contributed by atoms with Crippen molar-refractivity contribution in [3.8, 4) is 16.8 Å². The van der Waals surface area contributed by atoms with Crippen molar-refractivity contribution < 1.29 is 18.4 Å². The first-order chi connectivity index (χ1) is 15.8. The fourth-order valence-corrected chi connectivity index (χ4v) is 3.48. The molecule has 0 aliphatic rings. The van der Waals surface area contributed by atoms with E-state index in [4.69, 9.17) is 0 Å². The second kappa shape index (κ2) is 9.04. The molecule has 166 valence electrons. The summed E-state index contributed by atoms with van der Waals surface area (Å²) in [6, 6.07) is 18.1. The number of aryl methyl sites for hydroxylation is 1. The molecule has 0 aliphatic carbocycles. The monoisotopic (exact) mass is 446 g/mol. The van der Waals surface area contributed by atoms with Crippen LogP contribution in [-0.2, 0) is 4.79 Å². The van der Waals surface area contributed by atoms with E-state index in [0.29, 0.717) is 39.6 Å². The summed E-state index contributed by atoms with van der Waals surface area (Å²) in [4.78, 5) is 24.4. The molecule has 8 heteroatoms. The van der Waals surface area contributed by atoms with E-state index in [1.54, 1.807) is 54.1 Å². The van der Waals surface area contributed by atoms with Crippen LogP contribution in [0.1, 0.15) is 23.0 Å². The molecular formula is C25H20F2N4O2. The fourth-order valence-electron chi connectivity index (χ4n) is 3.48. The van der Waals surface area contributed by atoms with Crippen molar-refractivity contribution in [3.05, 3.63) is 95.7 Å². The Kier molecular flexibility index (Phi) is 5.99. The van der Waals surface area contributed by atoms with E-state index in [9.17, 15) is 18.4 Å². The second-order valence-electron chi connectivity index (χ2n) is 7.42. The average molecular weight is 446 g/mol. The lowest BCUT2D eigenvalue weighted by atomic mass is 10.1. The van der Waals surface area contributed by atoms with Gasteiger partial charge in [0.05, 0.1) is 11.4 Å². The molecule has 4 aromatic rings. The van der Waals surface area contributed by atoms with E-state index in [-0.39, 0.29) is 11.7 Å². The molecule has 0 saturated heterocycles. The third-order valence-corrected chi connectivity index (χ3v) is 4.94. The Morgan fingerprint density at radius 2 is 1.58 bits per heavy atom. The van der Waals surface area contributed by atoms with Gasteiger partial charge in [-0.2, -0.15) is 5.10 Å². The molecular weight excluding hydrogens is 426 g/mol. The third kappa shape index (κ3) is 4.79. The van der Waals surface area contributed by atoms with Crippen molar-refractivity contribution in [2.24, 2.45) is 0 Å². The normalized spacial score (nSPS) is 10.7. The first-order valence-corrected chi connectivity index (χ1v) is 10.1. The van der Waals surface area contributed by atoms with Gasteiger partial charge in [-0.05, 0) is 67.1 Å². The number of hydrogen-bond acceptors (Lipinski definition) is 3. The lowest BCUT2D eigenvalue weighted by Crippen LogP contribution is -2.13. The molecule has 1 aromatic heterocycles. The minimum absolute atomic E-state index is 0.286. The number of halogens is 2. The van der Waals surface area contributed by atoms with Crippen LogP contribution in [0.3, 0.4) is 0 Å². The summed E-state index contributed by atoms with van der Waals surface area (Å²) in [5, 5.41) is 10.00. The lowest BCUT2D eigenvalue weighted by molar-refractivity contribution is -0.114. The maximum Gasteiger partial charge on any atom is 0.255 e. The van der Waals surface area contributed by atoms with E-state index in [1.807, 2.05) is 0 Å². The zero-order valence-corrected chi connectivity index (χ0v) is 17.9. The van der Waals surface area contributed by atoms with Crippen molar-refractivity contribution >= 4 is 23.3 Å². The van der Waals surface area contributed by atoms with Gasteiger partial charge in [-0.1, -0.05) is 18.2 Å². The van der Waals surface area contributed by atoms with Gasteiger partial charge in [0.25, 0.3) is 5.91 Å². The van der Waals surface area contributed by atoms with Crippen LogP contribution in [0, 0.1) is 18.6 Å². The van der Waals surface area contributed by atoms with Gasteiger partial charge in [0.15, 0.2) is 0 Å². The Balaban J connectivity index is 1.67. The molecule has 33 heavy (non-hydrogen) atoms. The summed E-state index contributed by atoms with van der Waals surface area (Å²) in [5.41, 5.74) is 3.33. The summed E-state index contributed by atoms with van der Waals surface area (Å²) in [7, 11) is 0. The average Bonchev–Trinajstić information content (AvgIpc) is 3.09. The number of carbonyl (C=O) groups is 2. The highest BCUT2D eigenvalue weighted by molar-refractivity contribution is 6.04. The van der Waals surface area contributed by atoms with Gasteiger partial charge in [-0.25, -0.2) is 13.5 Å². The summed E-state index contributed by atoms with van der Waals surface area (Å²) >= 11 is 0. The molecule has 3 aromatic carbocycles. The Hall–Kier alpha value is -4.33. The van der Waals surface area contributed by atoms with E-state index in [1.165, 1.54) is 37.3 Å². The van der Waals surface area contributed by atoms with Gasteiger partial charge in [-0.15, -0.1) is 0 Å². The Labute approximate surface area is 188 Å². The number of aromatic nitrogens is 2. The SMILES string of the molecule is CC(=O)Nc1c(-c2ccc(F)cc2)c(C)nn1-c1ccc(C(=O)Nc2cccc(F)c2)cc1. The third-order valence-electron chi connectivity index (χ3n) is 4.94. The molecule has 0 saturated carbocycles. The first kappa shape index (κ1) is 21.9. The molecule has 0 radical (unpaired) electrons. The topological polar surface area (TPSA) is 76.0 Å². The molecule has 0 bridgehead atoms. The highest BCUT2D eigenvalue weighted by atomic mass is 19.1. The van der Waals surface area contributed by atoms with Crippen molar-refractivity contribution in [2.45, 2.75) is 13.8 Å². The molecule has 4 rings (SSSR count). The Morgan fingerprint density at radius 1 is 0.879 bits per heavy atom. The van der Waals surface area contributed by atoms with Crippen LogP contribution in [0.5, 0.6) is 0 Å². The van der Waals surface area contributed by atoms with E-state index < -0.39 is 11.7 Å². The van der Waals surface area contributed by atoms with Gasteiger partial charge < -0.3 is 10.6 Å². The van der Waals surface area contributed by atoms with Crippen LogP contribution >= 0.6 is 0 Å². The fraction of sp³-hybridized carbons (Fsp3) is 0.0800. The Morgan fingerprint density at radius 3 is 2.21 bits per heavy atom. The quantitative estimate of drug-likeness (QED) is 0.435. The summed E-state index contributed by atoms with van der Waals surface area (Å²) in [6.45, 7) is 3.18. The smallest absolute Gasteiger partial charge is 0.255 e. The van der Waals surface area contributed by atoms with Gasteiger partial charge in [0.1, 0.15) is 17.5 Å². The summed E-state index contributed by atoms with van der Waals surface area (Å²) in [5.74, 6) is -1.05. The number of carbonyl (C=O) groups excluding carboxylic acids is 2. The van der Waals surface area contributed by atoms with Crippen LogP contribution in [0.2, 0.25) is 0 Å². The van der Waals surface area contributed by atoms with Gasteiger partial charge >= 0.3 is 0 Å². The van der Waals surface area contributed by atoms with Gasteiger partial charge in [0.2, 0.25) is 5.91 Å². The summed E-state index contributed by atoms with van der Waals surface area (Å²) in [6.07, 6.45) is 0. The molecule has 0 fully saturated rings. The van der Waals surface area contributed by atoms with Gasteiger partial charge in [0, 0.05) is 23.7 Å².